The highest BCUT2D eigenvalue weighted by molar-refractivity contribution is 9.10. The predicted octanol–water partition coefficient (Wildman–Crippen LogP) is 5.01. The van der Waals surface area contributed by atoms with E-state index in [-0.39, 0.29) is 5.69 Å². The fraction of sp³-hybridized carbons (Fsp3) is 0.143. The number of rotatable bonds is 4. The molecule has 0 aliphatic heterocycles. The van der Waals surface area contributed by atoms with E-state index in [0.29, 0.717) is 11.1 Å². The van der Waals surface area contributed by atoms with Gasteiger partial charge in [0.15, 0.2) is 0 Å². The minimum Gasteiger partial charge on any atom is -0.489 e. The molecule has 0 unspecified atom stereocenters. The van der Waals surface area contributed by atoms with Crippen molar-refractivity contribution in [2.75, 3.05) is 0 Å². The van der Waals surface area contributed by atoms with Crippen molar-refractivity contribution >= 4 is 37.5 Å². The second kappa shape index (κ2) is 6.37. The molecule has 0 aromatic heterocycles. The van der Waals surface area contributed by atoms with Crippen LogP contribution in [-0.4, -0.2) is 4.92 Å². The number of halogens is 2. The smallest absolute Gasteiger partial charge is 0.270 e. The molecule has 2 aromatic carbocycles. The third-order valence-electron chi connectivity index (χ3n) is 2.77. The fourth-order valence-corrected chi connectivity index (χ4v) is 2.36. The van der Waals surface area contributed by atoms with E-state index < -0.39 is 4.92 Å². The van der Waals surface area contributed by atoms with Crippen LogP contribution in [0.4, 0.5) is 5.69 Å². The van der Waals surface area contributed by atoms with Crippen LogP contribution >= 0.6 is 31.9 Å². The SMILES string of the molecule is Cc1cc(OCc2ccc([N+](=O)[O-])cc2Br)ccc1Br. The Morgan fingerprint density at radius 3 is 2.50 bits per heavy atom. The molecule has 2 aromatic rings. The topological polar surface area (TPSA) is 52.4 Å². The van der Waals surface area contributed by atoms with Gasteiger partial charge in [-0.1, -0.05) is 31.9 Å². The van der Waals surface area contributed by atoms with E-state index in [1.165, 1.54) is 12.1 Å². The van der Waals surface area contributed by atoms with Gasteiger partial charge in [0.2, 0.25) is 0 Å². The summed E-state index contributed by atoms with van der Waals surface area (Å²) < 4.78 is 7.38. The number of non-ortho nitro benzene ring substituents is 1. The normalized spacial score (nSPS) is 10.3. The van der Waals surface area contributed by atoms with Crippen LogP contribution in [-0.2, 0) is 6.61 Å². The zero-order valence-electron chi connectivity index (χ0n) is 10.6. The Balaban J connectivity index is 2.10. The minimum atomic E-state index is -0.423. The first-order valence-electron chi connectivity index (χ1n) is 5.79. The first kappa shape index (κ1) is 15.0. The van der Waals surface area contributed by atoms with Crippen molar-refractivity contribution in [1.29, 1.82) is 0 Å². The summed E-state index contributed by atoms with van der Waals surface area (Å²) in [5, 5.41) is 10.7. The standard InChI is InChI=1S/C14H11Br2NO3/c1-9-6-12(4-5-13(9)15)20-8-10-2-3-11(17(18)19)7-14(10)16/h2-7H,8H2,1H3. The molecule has 0 atom stereocenters. The molecule has 0 aliphatic carbocycles. The number of benzene rings is 2. The van der Waals surface area contributed by atoms with Crippen molar-refractivity contribution < 1.29 is 9.66 Å². The third-order valence-corrected chi connectivity index (χ3v) is 4.40. The lowest BCUT2D eigenvalue weighted by molar-refractivity contribution is -0.384. The highest BCUT2D eigenvalue weighted by atomic mass is 79.9. The van der Waals surface area contributed by atoms with Gasteiger partial charge in [0.1, 0.15) is 12.4 Å². The summed E-state index contributed by atoms with van der Waals surface area (Å²) in [7, 11) is 0. The number of nitrogens with zero attached hydrogens (tertiary/aromatic N) is 1. The van der Waals surface area contributed by atoms with E-state index in [0.717, 1.165) is 21.3 Å². The predicted molar refractivity (Wildman–Crippen MR) is 84.0 cm³/mol. The Morgan fingerprint density at radius 1 is 1.15 bits per heavy atom. The van der Waals surface area contributed by atoms with Crippen LogP contribution < -0.4 is 4.74 Å². The molecule has 6 heteroatoms. The molecule has 0 bridgehead atoms. The van der Waals surface area contributed by atoms with Gasteiger partial charge in [0.05, 0.1) is 4.92 Å². The second-order valence-electron chi connectivity index (χ2n) is 4.23. The lowest BCUT2D eigenvalue weighted by atomic mass is 10.2. The number of nitro benzene ring substituents is 1. The number of hydrogen-bond donors (Lipinski definition) is 0. The van der Waals surface area contributed by atoms with Gasteiger partial charge in [0, 0.05) is 26.6 Å². The summed E-state index contributed by atoms with van der Waals surface area (Å²) in [6.45, 7) is 2.33. The maximum Gasteiger partial charge on any atom is 0.270 e. The Bertz CT molecular complexity index is 659. The molecule has 0 heterocycles. The molecule has 20 heavy (non-hydrogen) atoms. The van der Waals surface area contributed by atoms with E-state index in [4.69, 9.17) is 4.74 Å². The number of aryl methyl sites for hydroxylation is 1. The van der Waals surface area contributed by atoms with Gasteiger partial charge in [-0.25, -0.2) is 0 Å². The van der Waals surface area contributed by atoms with Crippen molar-refractivity contribution in [1.82, 2.24) is 0 Å². The fourth-order valence-electron chi connectivity index (χ4n) is 1.63. The Morgan fingerprint density at radius 2 is 1.90 bits per heavy atom. The molecule has 2 rings (SSSR count). The second-order valence-corrected chi connectivity index (χ2v) is 5.94. The average molecular weight is 401 g/mol. The monoisotopic (exact) mass is 399 g/mol. The molecule has 104 valence electrons. The molecule has 0 N–H and O–H groups in total. The number of hydrogen-bond acceptors (Lipinski definition) is 3. The van der Waals surface area contributed by atoms with Crippen LogP contribution in [0.15, 0.2) is 45.3 Å². The molecule has 4 nitrogen and oxygen atoms in total. The van der Waals surface area contributed by atoms with Gasteiger partial charge < -0.3 is 4.74 Å². The molecule has 0 radical (unpaired) electrons. The largest absolute Gasteiger partial charge is 0.489 e. The Hall–Kier alpha value is -1.40. The maximum atomic E-state index is 10.7. The lowest BCUT2D eigenvalue weighted by Gasteiger charge is -2.09. The molecule has 0 amide bonds. The van der Waals surface area contributed by atoms with Gasteiger partial charge in [0.25, 0.3) is 5.69 Å². The molecule has 0 saturated carbocycles. The first-order chi connectivity index (χ1) is 9.47. The Kier molecular flexibility index (Phi) is 4.77. The van der Waals surface area contributed by atoms with E-state index in [2.05, 4.69) is 31.9 Å². The van der Waals surface area contributed by atoms with Crippen molar-refractivity contribution in [2.45, 2.75) is 13.5 Å². The van der Waals surface area contributed by atoms with E-state index >= 15 is 0 Å². The molecule has 0 fully saturated rings. The summed E-state index contributed by atoms with van der Waals surface area (Å²) >= 11 is 6.75. The van der Waals surface area contributed by atoms with E-state index in [1.54, 1.807) is 6.07 Å². The van der Waals surface area contributed by atoms with Crippen molar-refractivity contribution in [2.24, 2.45) is 0 Å². The van der Waals surface area contributed by atoms with Crippen LogP contribution in [0.1, 0.15) is 11.1 Å². The summed E-state index contributed by atoms with van der Waals surface area (Å²) in [5.41, 5.74) is 2.00. The quantitative estimate of drug-likeness (QED) is 0.535. The van der Waals surface area contributed by atoms with Gasteiger partial charge in [-0.3, -0.25) is 10.1 Å². The summed E-state index contributed by atoms with van der Waals surface area (Å²) in [6.07, 6.45) is 0. The summed E-state index contributed by atoms with van der Waals surface area (Å²) in [5.74, 6) is 0.760. The molecular formula is C14H11Br2NO3. The van der Waals surface area contributed by atoms with Crippen molar-refractivity contribution in [3.05, 3.63) is 66.6 Å². The minimum absolute atomic E-state index is 0.0557. The molecule has 0 spiro atoms. The lowest BCUT2D eigenvalue weighted by Crippen LogP contribution is -1.98. The van der Waals surface area contributed by atoms with Crippen molar-refractivity contribution in [3.63, 3.8) is 0 Å². The Labute approximate surface area is 133 Å². The summed E-state index contributed by atoms with van der Waals surface area (Å²) in [6, 6.07) is 10.4. The van der Waals surface area contributed by atoms with E-state index in [9.17, 15) is 10.1 Å². The van der Waals surface area contributed by atoms with Crippen LogP contribution in [0.3, 0.4) is 0 Å². The van der Waals surface area contributed by atoms with Gasteiger partial charge in [-0.05, 0) is 36.8 Å². The highest BCUT2D eigenvalue weighted by Gasteiger charge is 2.09. The van der Waals surface area contributed by atoms with Gasteiger partial charge in [-0.15, -0.1) is 0 Å². The van der Waals surface area contributed by atoms with Gasteiger partial charge in [-0.2, -0.15) is 0 Å². The molecule has 0 saturated heterocycles. The average Bonchev–Trinajstić information content (AvgIpc) is 2.41. The van der Waals surface area contributed by atoms with Crippen LogP contribution in [0.2, 0.25) is 0 Å². The molecular weight excluding hydrogens is 390 g/mol. The number of ether oxygens (including phenoxy) is 1. The zero-order chi connectivity index (χ0) is 14.7. The van der Waals surface area contributed by atoms with Crippen LogP contribution in [0.5, 0.6) is 5.75 Å². The van der Waals surface area contributed by atoms with Gasteiger partial charge >= 0.3 is 0 Å². The van der Waals surface area contributed by atoms with Crippen LogP contribution in [0.25, 0.3) is 0 Å². The summed E-state index contributed by atoms with van der Waals surface area (Å²) in [4.78, 5) is 10.2. The van der Waals surface area contributed by atoms with Crippen molar-refractivity contribution in [3.8, 4) is 5.75 Å². The van der Waals surface area contributed by atoms with Crippen LogP contribution in [0, 0.1) is 17.0 Å². The molecule has 0 aliphatic rings. The highest BCUT2D eigenvalue weighted by Crippen LogP contribution is 2.26. The van der Waals surface area contributed by atoms with E-state index in [1.807, 2.05) is 25.1 Å². The maximum absolute atomic E-state index is 10.7. The number of nitro groups is 1. The third kappa shape index (κ3) is 3.58. The first-order valence-corrected chi connectivity index (χ1v) is 7.38. The zero-order valence-corrected chi connectivity index (χ0v) is 13.8.